The topological polar surface area (TPSA) is 46.4 Å². The van der Waals surface area contributed by atoms with Gasteiger partial charge in [-0.05, 0) is 42.8 Å². The first-order valence-electron chi connectivity index (χ1n) is 9.74. The molecule has 0 spiro atoms. The Morgan fingerprint density at radius 1 is 1.00 bits per heavy atom. The maximum absolute atomic E-state index is 13.3. The zero-order chi connectivity index (χ0) is 20.7. The van der Waals surface area contributed by atoms with Gasteiger partial charge in [-0.3, -0.25) is 0 Å². The maximum atomic E-state index is 13.3. The molecule has 0 saturated carbocycles. The number of aryl methyl sites for hydroxylation is 1. The van der Waals surface area contributed by atoms with Gasteiger partial charge in [-0.2, -0.15) is 4.31 Å². The first-order valence-corrected chi connectivity index (χ1v) is 14.1. The first-order chi connectivity index (χ1) is 12.9. The Balaban J connectivity index is 1.88. The van der Waals surface area contributed by atoms with Gasteiger partial charge in [-0.25, -0.2) is 8.42 Å². The normalized spacial score (nSPS) is 22.9. The second-order valence-electron chi connectivity index (χ2n) is 9.14. The standard InChI is InChI=1S/C22H31NO3SSi/c1-17-12-14-19(15-13-17)27(24,25)23-20(16-26-28(5,6)22(2,3)4)21(23)18-10-8-7-9-11-18/h7-15,20-21H,16H2,1-6H3/t20-,21+,23?/m0/s1. The lowest BCUT2D eigenvalue weighted by Gasteiger charge is -2.36. The molecule has 0 aromatic heterocycles. The summed E-state index contributed by atoms with van der Waals surface area (Å²) in [6.45, 7) is 13.4. The number of benzene rings is 2. The van der Waals surface area contributed by atoms with Crippen LogP contribution in [0, 0.1) is 6.92 Å². The Morgan fingerprint density at radius 2 is 1.57 bits per heavy atom. The van der Waals surface area contributed by atoms with Crippen molar-refractivity contribution in [2.75, 3.05) is 6.61 Å². The van der Waals surface area contributed by atoms with Crippen molar-refractivity contribution in [2.24, 2.45) is 0 Å². The van der Waals surface area contributed by atoms with E-state index in [9.17, 15) is 8.42 Å². The van der Waals surface area contributed by atoms with Crippen molar-refractivity contribution in [1.29, 1.82) is 0 Å². The van der Waals surface area contributed by atoms with Crippen molar-refractivity contribution in [1.82, 2.24) is 4.31 Å². The fourth-order valence-electron chi connectivity index (χ4n) is 3.11. The van der Waals surface area contributed by atoms with Crippen LogP contribution in [0.2, 0.25) is 18.1 Å². The number of nitrogens with zero attached hydrogens (tertiary/aromatic N) is 1. The molecule has 1 saturated heterocycles. The Bertz CT molecular complexity index is 919. The van der Waals surface area contributed by atoms with E-state index < -0.39 is 18.3 Å². The molecular formula is C22H31NO3SSi. The second-order valence-corrected chi connectivity index (χ2v) is 15.8. The van der Waals surface area contributed by atoms with E-state index in [2.05, 4.69) is 33.9 Å². The molecule has 3 rings (SSSR count). The molecule has 2 aromatic rings. The van der Waals surface area contributed by atoms with E-state index in [1.807, 2.05) is 49.4 Å². The summed E-state index contributed by atoms with van der Waals surface area (Å²) in [6, 6.07) is 16.6. The fourth-order valence-corrected chi connectivity index (χ4v) is 5.89. The predicted molar refractivity (Wildman–Crippen MR) is 116 cm³/mol. The van der Waals surface area contributed by atoms with Gasteiger partial charge in [0, 0.05) is 0 Å². The average molecular weight is 418 g/mol. The number of hydrogen-bond acceptors (Lipinski definition) is 3. The molecule has 152 valence electrons. The number of rotatable bonds is 6. The summed E-state index contributed by atoms with van der Waals surface area (Å²) < 4.78 is 34.6. The van der Waals surface area contributed by atoms with Crippen LogP contribution in [0.25, 0.3) is 0 Å². The summed E-state index contributed by atoms with van der Waals surface area (Å²) in [6.07, 6.45) is 0. The smallest absolute Gasteiger partial charge is 0.244 e. The maximum Gasteiger partial charge on any atom is 0.244 e. The summed E-state index contributed by atoms with van der Waals surface area (Å²) in [5.41, 5.74) is 2.06. The van der Waals surface area contributed by atoms with Gasteiger partial charge in [0.25, 0.3) is 0 Å². The van der Waals surface area contributed by atoms with Crippen molar-refractivity contribution in [3.05, 3.63) is 65.7 Å². The van der Waals surface area contributed by atoms with Gasteiger partial charge in [-0.15, -0.1) is 0 Å². The zero-order valence-corrected chi connectivity index (χ0v) is 19.5. The van der Waals surface area contributed by atoms with Crippen LogP contribution in [0.5, 0.6) is 0 Å². The quantitative estimate of drug-likeness (QED) is 0.483. The molecule has 1 fully saturated rings. The van der Waals surface area contributed by atoms with E-state index in [1.165, 1.54) is 0 Å². The summed E-state index contributed by atoms with van der Waals surface area (Å²) in [7, 11) is -5.52. The van der Waals surface area contributed by atoms with Crippen molar-refractivity contribution in [3.8, 4) is 0 Å². The molecule has 28 heavy (non-hydrogen) atoms. The molecule has 0 bridgehead atoms. The molecule has 1 aliphatic heterocycles. The van der Waals surface area contributed by atoms with Gasteiger partial charge in [0.1, 0.15) is 0 Å². The molecule has 0 N–H and O–H groups in total. The van der Waals surface area contributed by atoms with E-state index in [1.54, 1.807) is 16.4 Å². The van der Waals surface area contributed by atoms with Crippen LogP contribution < -0.4 is 0 Å². The van der Waals surface area contributed by atoms with Crippen molar-refractivity contribution >= 4 is 18.3 Å². The van der Waals surface area contributed by atoms with Crippen molar-refractivity contribution in [2.45, 2.75) is 62.8 Å². The summed E-state index contributed by atoms with van der Waals surface area (Å²) >= 11 is 0. The van der Waals surface area contributed by atoms with Crippen LogP contribution in [0.1, 0.15) is 37.9 Å². The highest BCUT2D eigenvalue weighted by Gasteiger charge is 2.57. The van der Waals surface area contributed by atoms with Gasteiger partial charge in [0.05, 0.1) is 23.6 Å². The zero-order valence-electron chi connectivity index (χ0n) is 17.6. The van der Waals surface area contributed by atoms with Crippen LogP contribution in [0.4, 0.5) is 0 Å². The molecule has 4 nitrogen and oxygen atoms in total. The van der Waals surface area contributed by atoms with Crippen molar-refractivity contribution < 1.29 is 12.8 Å². The molecule has 1 heterocycles. The van der Waals surface area contributed by atoms with Gasteiger partial charge in [0.15, 0.2) is 8.32 Å². The lowest BCUT2D eigenvalue weighted by molar-refractivity contribution is 0.280. The molecule has 3 atom stereocenters. The molecule has 1 unspecified atom stereocenters. The van der Waals surface area contributed by atoms with Crippen LogP contribution in [0.3, 0.4) is 0 Å². The van der Waals surface area contributed by atoms with E-state index in [0.29, 0.717) is 11.5 Å². The fraction of sp³-hybridized carbons (Fsp3) is 0.455. The Kier molecular flexibility index (Phi) is 5.62. The Hall–Kier alpha value is -1.47. The van der Waals surface area contributed by atoms with Crippen LogP contribution in [0.15, 0.2) is 59.5 Å². The van der Waals surface area contributed by atoms with E-state index >= 15 is 0 Å². The van der Waals surface area contributed by atoms with Gasteiger partial charge in [-0.1, -0.05) is 68.8 Å². The minimum Gasteiger partial charge on any atom is -0.415 e. The molecule has 2 aromatic carbocycles. The molecular weight excluding hydrogens is 386 g/mol. The Labute approximate surface area is 170 Å². The summed E-state index contributed by atoms with van der Waals surface area (Å²) in [4.78, 5) is 0.342. The highest BCUT2D eigenvalue weighted by molar-refractivity contribution is 7.89. The third kappa shape index (κ3) is 4.10. The first kappa shape index (κ1) is 21.2. The number of sulfonamides is 1. The van der Waals surface area contributed by atoms with Gasteiger partial charge >= 0.3 is 0 Å². The highest BCUT2D eigenvalue weighted by Crippen LogP contribution is 2.48. The van der Waals surface area contributed by atoms with Crippen molar-refractivity contribution in [3.63, 3.8) is 0 Å². The second kappa shape index (κ2) is 7.41. The third-order valence-corrected chi connectivity index (χ3v) is 12.5. The van der Waals surface area contributed by atoms with Crippen LogP contribution in [-0.2, 0) is 14.4 Å². The molecule has 0 radical (unpaired) electrons. The SMILES string of the molecule is Cc1ccc(S(=O)(=O)N2[C@H](c3ccccc3)[C@@H]2CO[Si](C)(C)C(C)(C)C)cc1. The number of hydrogen-bond donors (Lipinski definition) is 0. The van der Waals surface area contributed by atoms with Gasteiger partial charge in [0.2, 0.25) is 10.0 Å². The van der Waals surface area contributed by atoms with E-state index in [0.717, 1.165) is 11.1 Å². The monoisotopic (exact) mass is 417 g/mol. The highest BCUT2D eigenvalue weighted by atomic mass is 32.2. The Morgan fingerprint density at radius 3 is 2.11 bits per heavy atom. The minimum absolute atomic E-state index is 0.0881. The van der Waals surface area contributed by atoms with Gasteiger partial charge < -0.3 is 4.43 Å². The largest absolute Gasteiger partial charge is 0.415 e. The minimum atomic E-state index is -3.56. The molecule has 0 aliphatic carbocycles. The van der Waals surface area contributed by atoms with Crippen LogP contribution in [-0.4, -0.2) is 33.7 Å². The molecule has 0 amide bonds. The lowest BCUT2D eigenvalue weighted by atomic mass is 10.1. The summed E-state index contributed by atoms with van der Waals surface area (Å²) in [5, 5.41) is 0.0881. The molecule has 6 heteroatoms. The third-order valence-electron chi connectivity index (χ3n) is 6.03. The van der Waals surface area contributed by atoms with E-state index in [4.69, 9.17) is 4.43 Å². The van der Waals surface area contributed by atoms with E-state index in [-0.39, 0.29) is 17.1 Å². The predicted octanol–water partition coefficient (Wildman–Crippen LogP) is 5.13. The summed E-state index contributed by atoms with van der Waals surface area (Å²) in [5.74, 6) is 0. The average Bonchev–Trinajstić information content (AvgIpc) is 3.36. The van der Waals surface area contributed by atoms with Crippen LogP contribution >= 0.6 is 0 Å². The molecule has 1 aliphatic rings. The lowest BCUT2D eigenvalue weighted by Crippen LogP contribution is -2.42.